The molecule has 0 saturated carbocycles. The number of methoxy groups -OCH3 is 1. The Balaban J connectivity index is 1.92. The second-order valence-corrected chi connectivity index (χ2v) is 7.03. The van der Waals surface area contributed by atoms with Crippen molar-refractivity contribution in [1.82, 2.24) is 10.6 Å². The molecule has 6 heteroatoms. The van der Waals surface area contributed by atoms with Gasteiger partial charge in [-0.15, -0.1) is 0 Å². The molecule has 0 aliphatic carbocycles. The van der Waals surface area contributed by atoms with Crippen LogP contribution in [-0.2, 0) is 11.2 Å². The second-order valence-electron chi connectivity index (χ2n) is 6.59. The van der Waals surface area contributed by atoms with Crippen LogP contribution in [0.15, 0.2) is 48.5 Å². The van der Waals surface area contributed by atoms with Crippen molar-refractivity contribution in [3.05, 3.63) is 64.7 Å². The second kappa shape index (κ2) is 9.97. The number of hydrogen-bond acceptors (Lipinski definition) is 3. The number of nitrogens with one attached hydrogen (secondary N) is 2. The van der Waals surface area contributed by atoms with E-state index in [9.17, 15) is 9.59 Å². The first-order valence-corrected chi connectivity index (χ1v) is 9.25. The Morgan fingerprint density at radius 1 is 1.11 bits per heavy atom. The highest BCUT2D eigenvalue weighted by atomic mass is 35.5. The first-order valence-electron chi connectivity index (χ1n) is 8.87. The SMILES string of the molecule is COc1ccc(C(=O)NC(C(=O)NCCc2cccc(Cl)c2)C(C)C)cc1. The van der Waals surface area contributed by atoms with Crippen LogP contribution in [0.1, 0.15) is 29.8 Å². The molecule has 2 rings (SSSR count). The topological polar surface area (TPSA) is 67.4 Å². The highest BCUT2D eigenvalue weighted by Crippen LogP contribution is 2.13. The van der Waals surface area contributed by atoms with Crippen molar-refractivity contribution in [1.29, 1.82) is 0 Å². The van der Waals surface area contributed by atoms with Gasteiger partial charge in [0.25, 0.3) is 5.91 Å². The number of amides is 2. The van der Waals surface area contributed by atoms with Crippen molar-refractivity contribution in [3.8, 4) is 5.75 Å². The summed E-state index contributed by atoms with van der Waals surface area (Å²) in [5, 5.41) is 6.38. The first kappa shape index (κ1) is 20.8. The third-order valence-corrected chi connectivity index (χ3v) is 4.42. The maximum Gasteiger partial charge on any atom is 0.251 e. The normalized spacial score (nSPS) is 11.7. The van der Waals surface area contributed by atoms with Crippen molar-refractivity contribution in [2.45, 2.75) is 26.3 Å². The summed E-state index contributed by atoms with van der Waals surface area (Å²) in [6.45, 7) is 4.27. The highest BCUT2D eigenvalue weighted by Gasteiger charge is 2.24. The number of rotatable bonds is 8. The molecule has 2 aromatic carbocycles. The molecule has 2 aromatic rings. The van der Waals surface area contributed by atoms with E-state index >= 15 is 0 Å². The van der Waals surface area contributed by atoms with Gasteiger partial charge in [-0.05, 0) is 54.3 Å². The standard InChI is InChI=1S/C21H25ClN2O3/c1-14(2)19(24-20(25)16-7-9-18(27-3)10-8-16)21(26)23-12-11-15-5-4-6-17(22)13-15/h4-10,13-14,19H,11-12H2,1-3H3,(H,23,26)(H,24,25). The van der Waals surface area contributed by atoms with Crippen LogP contribution in [0.3, 0.4) is 0 Å². The summed E-state index contributed by atoms with van der Waals surface area (Å²) in [5.41, 5.74) is 1.53. The Labute approximate surface area is 165 Å². The summed E-state index contributed by atoms with van der Waals surface area (Å²) in [6.07, 6.45) is 0.670. The van der Waals surface area contributed by atoms with Crippen LogP contribution in [0.4, 0.5) is 0 Å². The van der Waals surface area contributed by atoms with E-state index in [1.54, 1.807) is 31.4 Å². The summed E-state index contributed by atoms with van der Waals surface area (Å²) in [4.78, 5) is 25.0. The van der Waals surface area contributed by atoms with Crippen LogP contribution in [0.2, 0.25) is 5.02 Å². The fourth-order valence-corrected chi connectivity index (χ4v) is 2.85. The Hall–Kier alpha value is -2.53. The summed E-state index contributed by atoms with van der Waals surface area (Å²) in [7, 11) is 1.57. The van der Waals surface area contributed by atoms with Crippen LogP contribution >= 0.6 is 11.6 Å². The minimum absolute atomic E-state index is 0.0432. The third-order valence-electron chi connectivity index (χ3n) is 4.19. The number of carbonyl (C=O) groups excluding carboxylic acids is 2. The average molecular weight is 389 g/mol. The highest BCUT2D eigenvalue weighted by molar-refractivity contribution is 6.30. The molecule has 27 heavy (non-hydrogen) atoms. The molecule has 5 nitrogen and oxygen atoms in total. The Morgan fingerprint density at radius 2 is 1.81 bits per heavy atom. The van der Waals surface area contributed by atoms with E-state index in [4.69, 9.17) is 16.3 Å². The summed E-state index contributed by atoms with van der Waals surface area (Å²) >= 11 is 5.97. The molecule has 1 atom stereocenters. The maximum absolute atomic E-state index is 12.5. The summed E-state index contributed by atoms with van der Waals surface area (Å²) in [6, 6.07) is 13.7. The lowest BCUT2D eigenvalue weighted by Crippen LogP contribution is -2.50. The van der Waals surface area contributed by atoms with Gasteiger partial charge in [-0.25, -0.2) is 0 Å². The van der Waals surface area contributed by atoms with Crippen LogP contribution in [0.25, 0.3) is 0 Å². The van der Waals surface area contributed by atoms with E-state index < -0.39 is 6.04 Å². The molecule has 0 bridgehead atoms. The van der Waals surface area contributed by atoms with Gasteiger partial charge < -0.3 is 15.4 Å². The van der Waals surface area contributed by atoms with Crippen LogP contribution in [0.5, 0.6) is 5.75 Å². The quantitative estimate of drug-likeness (QED) is 0.727. The van der Waals surface area contributed by atoms with Gasteiger partial charge in [0.15, 0.2) is 0 Å². The van der Waals surface area contributed by atoms with Gasteiger partial charge in [-0.3, -0.25) is 9.59 Å². The van der Waals surface area contributed by atoms with Crippen molar-refractivity contribution in [3.63, 3.8) is 0 Å². The Morgan fingerprint density at radius 3 is 2.41 bits per heavy atom. The lowest BCUT2D eigenvalue weighted by atomic mass is 10.0. The number of halogens is 1. The molecule has 0 aliphatic heterocycles. The van der Waals surface area contributed by atoms with Crippen LogP contribution in [0, 0.1) is 5.92 Å². The Kier molecular flexibility index (Phi) is 7.67. The van der Waals surface area contributed by atoms with Crippen molar-refractivity contribution in [2.24, 2.45) is 5.92 Å². The summed E-state index contributed by atoms with van der Waals surface area (Å²) in [5.74, 6) is 0.138. The van der Waals surface area contributed by atoms with Gasteiger partial charge in [-0.2, -0.15) is 0 Å². The molecule has 0 spiro atoms. The monoisotopic (exact) mass is 388 g/mol. The fourth-order valence-electron chi connectivity index (χ4n) is 2.63. The van der Waals surface area contributed by atoms with E-state index in [0.29, 0.717) is 29.3 Å². The van der Waals surface area contributed by atoms with Gasteiger partial charge >= 0.3 is 0 Å². The van der Waals surface area contributed by atoms with Crippen molar-refractivity contribution in [2.75, 3.05) is 13.7 Å². The van der Waals surface area contributed by atoms with E-state index in [1.165, 1.54) is 0 Å². The van der Waals surface area contributed by atoms with E-state index in [-0.39, 0.29) is 17.7 Å². The number of carbonyl (C=O) groups is 2. The zero-order valence-electron chi connectivity index (χ0n) is 15.8. The molecule has 0 fully saturated rings. The van der Waals surface area contributed by atoms with Crippen LogP contribution < -0.4 is 15.4 Å². The number of benzene rings is 2. The van der Waals surface area contributed by atoms with Crippen molar-refractivity contribution < 1.29 is 14.3 Å². The molecule has 2 N–H and O–H groups in total. The molecule has 0 radical (unpaired) electrons. The maximum atomic E-state index is 12.5. The predicted octanol–water partition coefficient (Wildman–Crippen LogP) is 3.46. The molecule has 0 aliphatic rings. The van der Waals surface area contributed by atoms with E-state index in [1.807, 2.05) is 38.1 Å². The molecule has 2 amide bonds. The lowest BCUT2D eigenvalue weighted by Gasteiger charge is -2.22. The molecule has 144 valence electrons. The van der Waals surface area contributed by atoms with Gasteiger partial charge in [0, 0.05) is 17.1 Å². The average Bonchev–Trinajstić information content (AvgIpc) is 2.65. The largest absolute Gasteiger partial charge is 0.497 e. The lowest BCUT2D eigenvalue weighted by molar-refractivity contribution is -0.123. The van der Waals surface area contributed by atoms with Gasteiger partial charge in [0.05, 0.1) is 7.11 Å². The third kappa shape index (κ3) is 6.29. The smallest absolute Gasteiger partial charge is 0.251 e. The van der Waals surface area contributed by atoms with Crippen LogP contribution in [-0.4, -0.2) is 31.5 Å². The molecular formula is C21H25ClN2O3. The van der Waals surface area contributed by atoms with Gasteiger partial charge in [0.2, 0.25) is 5.91 Å². The zero-order chi connectivity index (χ0) is 19.8. The minimum atomic E-state index is -0.612. The van der Waals surface area contributed by atoms with Gasteiger partial charge in [0.1, 0.15) is 11.8 Å². The van der Waals surface area contributed by atoms with Crippen molar-refractivity contribution >= 4 is 23.4 Å². The first-order chi connectivity index (χ1) is 12.9. The molecule has 1 unspecified atom stereocenters. The minimum Gasteiger partial charge on any atom is -0.497 e. The summed E-state index contributed by atoms with van der Waals surface area (Å²) < 4.78 is 5.09. The number of ether oxygens (including phenoxy) is 1. The predicted molar refractivity (Wildman–Crippen MR) is 107 cm³/mol. The number of hydrogen-bond donors (Lipinski definition) is 2. The fraction of sp³-hybridized carbons (Fsp3) is 0.333. The van der Waals surface area contributed by atoms with E-state index in [0.717, 1.165) is 5.56 Å². The molecule has 0 heterocycles. The molecular weight excluding hydrogens is 364 g/mol. The van der Waals surface area contributed by atoms with E-state index in [2.05, 4.69) is 10.6 Å². The molecule has 0 saturated heterocycles. The Bertz CT molecular complexity index is 775. The van der Waals surface area contributed by atoms with Gasteiger partial charge in [-0.1, -0.05) is 37.6 Å². The molecule has 0 aromatic heterocycles. The zero-order valence-corrected chi connectivity index (χ0v) is 16.5.